The van der Waals surface area contributed by atoms with E-state index >= 15 is 0 Å². The van der Waals surface area contributed by atoms with E-state index in [9.17, 15) is 9.90 Å². The molecule has 0 aliphatic carbocycles. The van der Waals surface area contributed by atoms with E-state index in [0.29, 0.717) is 5.56 Å². The van der Waals surface area contributed by atoms with Crippen LogP contribution in [-0.4, -0.2) is 27.0 Å². The second-order valence-corrected chi connectivity index (χ2v) is 8.84. The predicted molar refractivity (Wildman–Crippen MR) is 96.0 cm³/mol. The van der Waals surface area contributed by atoms with E-state index in [-0.39, 0.29) is 28.2 Å². The molecule has 0 bridgehead atoms. The van der Waals surface area contributed by atoms with Crippen LogP contribution in [0.15, 0.2) is 41.1 Å². The molecule has 0 aromatic heterocycles. The van der Waals surface area contributed by atoms with E-state index in [4.69, 9.17) is 0 Å². The highest BCUT2D eigenvalue weighted by molar-refractivity contribution is 8.03. The molecule has 0 spiro atoms. The summed E-state index contributed by atoms with van der Waals surface area (Å²) >= 11 is 1.51. The number of carbonyl (C=O) groups is 1. The van der Waals surface area contributed by atoms with Crippen LogP contribution in [0.25, 0.3) is 0 Å². The summed E-state index contributed by atoms with van der Waals surface area (Å²) in [5, 5.41) is 13.7. The van der Waals surface area contributed by atoms with Gasteiger partial charge in [-0.25, -0.2) is 0 Å². The van der Waals surface area contributed by atoms with E-state index in [1.54, 1.807) is 12.1 Å². The van der Waals surface area contributed by atoms with Crippen molar-refractivity contribution < 1.29 is 9.90 Å². The van der Waals surface area contributed by atoms with Crippen LogP contribution in [0.2, 0.25) is 0 Å². The second-order valence-electron chi connectivity index (χ2n) is 7.75. The summed E-state index contributed by atoms with van der Waals surface area (Å²) in [7, 11) is 0. The Labute approximate surface area is 143 Å². The van der Waals surface area contributed by atoms with Crippen LogP contribution in [-0.2, 0) is 0 Å². The molecule has 1 atom stereocenters. The van der Waals surface area contributed by atoms with Crippen molar-refractivity contribution >= 4 is 17.7 Å². The summed E-state index contributed by atoms with van der Waals surface area (Å²) in [5.74, 6) is 0.119. The molecule has 2 N–H and O–H groups in total. The van der Waals surface area contributed by atoms with Gasteiger partial charge in [-0.3, -0.25) is 4.79 Å². The minimum absolute atomic E-state index is 0.139. The van der Waals surface area contributed by atoms with Crippen LogP contribution in [0.3, 0.4) is 0 Å². The monoisotopic (exact) mass is 334 g/mol. The Morgan fingerprint density at radius 3 is 2.17 bits per heavy atom. The highest BCUT2D eigenvalue weighted by Gasteiger charge is 2.43. The van der Waals surface area contributed by atoms with Crippen molar-refractivity contribution in [2.75, 3.05) is 0 Å². The van der Waals surface area contributed by atoms with Crippen LogP contribution < -0.4 is 5.32 Å². The number of nitrogens with zero attached hydrogens (tertiary/aromatic N) is 1. The Morgan fingerprint density at radius 1 is 1.13 bits per heavy atom. The van der Waals surface area contributed by atoms with Gasteiger partial charge in [0.25, 0.3) is 5.91 Å². The Balaban J connectivity index is 2.27. The molecule has 126 valence electrons. The largest absolute Gasteiger partial charge is 0.494 e. The summed E-state index contributed by atoms with van der Waals surface area (Å²) in [6.07, 6.45) is 0. The van der Waals surface area contributed by atoms with Gasteiger partial charge in [0.05, 0.1) is 4.91 Å². The number of thioether (sulfide) groups is 1. The van der Waals surface area contributed by atoms with Crippen molar-refractivity contribution in [1.82, 2.24) is 10.2 Å². The zero-order chi connectivity index (χ0) is 17.4. The fraction of sp³-hybridized carbons (Fsp3) is 0.500. The molecule has 1 aliphatic rings. The molecule has 5 heteroatoms. The zero-order valence-corrected chi connectivity index (χ0v) is 15.5. The number of hydrogen-bond acceptors (Lipinski definition) is 4. The first-order chi connectivity index (χ1) is 10.5. The molecule has 1 amide bonds. The van der Waals surface area contributed by atoms with Crippen LogP contribution in [0.1, 0.15) is 51.9 Å². The lowest BCUT2D eigenvalue weighted by Crippen LogP contribution is -2.51. The lowest BCUT2D eigenvalue weighted by Gasteiger charge is -2.38. The third-order valence-corrected chi connectivity index (χ3v) is 5.17. The van der Waals surface area contributed by atoms with Crippen LogP contribution in [0.4, 0.5) is 0 Å². The third kappa shape index (κ3) is 3.83. The van der Waals surface area contributed by atoms with Crippen LogP contribution in [0, 0.1) is 5.41 Å². The summed E-state index contributed by atoms with van der Waals surface area (Å²) < 4.78 is 0. The number of amides is 1. The number of nitrogens with one attached hydrogen (secondary N) is 1. The third-order valence-electron chi connectivity index (χ3n) is 3.59. The first-order valence-electron chi connectivity index (χ1n) is 7.77. The van der Waals surface area contributed by atoms with Gasteiger partial charge < -0.3 is 15.3 Å². The Kier molecular flexibility index (Phi) is 4.71. The zero-order valence-electron chi connectivity index (χ0n) is 14.7. The number of rotatable bonds is 2. The van der Waals surface area contributed by atoms with Crippen molar-refractivity contribution in [3.8, 4) is 0 Å². The summed E-state index contributed by atoms with van der Waals surface area (Å²) in [4.78, 5) is 15.3. The highest BCUT2D eigenvalue weighted by Crippen LogP contribution is 2.47. The van der Waals surface area contributed by atoms with Gasteiger partial charge in [-0.1, -0.05) is 50.7 Å². The van der Waals surface area contributed by atoms with Crippen molar-refractivity contribution in [2.24, 2.45) is 5.41 Å². The highest BCUT2D eigenvalue weighted by atomic mass is 32.2. The molecule has 0 saturated carbocycles. The SMILES string of the molecule is CC(C)(C)C1=C(O)N(C(C)(C)C)C(NC(=O)c2ccccc2)S1. The Morgan fingerprint density at radius 2 is 1.70 bits per heavy atom. The molecular weight excluding hydrogens is 308 g/mol. The maximum Gasteiger partial charge on any atom is 0.253 e. The molecule has 1 unspecified atom stereocenters. The Bertz CT molecular complexity index is 612. The van der Waals surface area contributed by atoms with Crippen LogP contribution >= 0.6 is 11.8 Å². The number of allylic oxidation sites excluding steroid dienone is 1. The lowest BCUT2D eigenvalue weighted by molar-refractivity contribution is 0.0723. The number of hydrogen-bond donors (Lipinski definition) is 2. The molecule has 23 heavy (non-hydrogen) atoms. The average molecular weight is 334 g/mol. The summed E-state index contributed by atoms with van der Waals surface area (Å²) in [5.41, 5.74) is -0.189. The van der Waals surface area contributed by atoms with E-state index in [0.717, 1.165) is 4.91 Å². The quantitative estimate of drug-likeness (QED) is 0.846. The van der Waals surface area contributed by atoms with Crippen LogP contribution in [0.5, 0.6) is 0 Å². The fourth-order valence-electron chi connectivity index (χ4n) is 2.50. The molecule has 1 heterocycles. The minimum Gasteiger partial charge on any atom is -0.494 e. The first kappa shape index (κ1) is 17.7. The molecule has 1 aliphatic heterocycles. The minimum atomic E-state index is -0.322. The van der Waals surface area contributed by atoms with E-state index in [2.05, 4.69) is 26.1 Å². The molecular formula is C18H26N2O2S. The molecule has 0 saturated heterocycles. The van der Waals surface area contributed by atoms with Gasteiger partial charge in [0.1, 0.15) is 0 Å². The van der Waals surface area contributed by atoms with Gasteiger partial charge in [0, 0.05) is 11.1 Å². The Hall–Kier alpha value is -1.62. The number of carbonyl (C=O) groups excluding carboxylic acids is 1. The topological polar surface area (TPSA) is 52.6 Å². The molecule has 4 nitrogen and oxygen atoms in total. The van der Waals surface area contributed by atoms with Gasteiger partial charge in [-0.05, 0) is 38.3 Å². The predicted octanol–water partition coefficient (Wildman–Crippen LogP) is 4.32. The van der Waals surface area contributed by atoms with Crippen molar-refractivity contribution in [1.29, 1.82) is 0 Å². The maximum atomic E-state index is 12.5. The fourth-order valence-corrected chi connectivity index (χ4v) is 3.97. The van der Waals surface area contributed by atoms with Crippen molar-refractivity contribution in [3.05, 3.63) is 46.7 Å². The number of benzene rings is 1. The van der Waals surface area contributed by atoms with Gasteiger partial charge >= 0.3 is 0 Å². The molecule has 0 radical (unpaired) electrons. The average Bonchev–Trinajstić information content (AvgIpc) is 2.76. The number of aliphatic hydroxyl groups is 1. The van der Waals surface area contributed by atoms with E-state index < -0.39 is 0 Å². The summed E-state index contributed by atoms with van der Waals surface area (Å²) in [6.45, 7) is 12.3. The van der Waals surface area contributed by atoms with E-state index in [1.165, 1.54) is 11.8 Å². The van der Waals surface area contributed by atoms with Crippen molar-refractivity contribution in [2.45, 2.75) is 52.6 Å². The summed E-state index contributed by atoms with van der Waals surface area (Å²) in [6, 6.07) is 9.14. The molecule has 1 aromatic carbocycles. The van der Waals surface area contributed by atoms with Gasteiger partial charge in [-0.15, -0.1) is 0 Å². The van der Waals surface area contributed by atoms with Gasteiger partial charge in [0.2, 0.25) is 0 Å². The normalized spacial score (nSPS) is 19.2. The van der Waals surface area contributed by atoms with Crippen molar-refractivity contribution in [3.63, 3.8) is 0 Å². The molecule has 1 aromatic rings. The molecule has 0 fully saturated rings. The number of aliphatic hydroxyl groups excluding tert-OH is 1. The van der Waals surface area contributed by atoms with Gasteiger partial charge in [-0.2, -0.15) is 0 Å². The molecule has 2 rings (SSSR count). The smallest absolute Gasteiger partial charge is 0.253 e. The standard InChI is InChI=1S/C18H26N2O2S/c1-17(2,3)13-15(22)20(18(4,5)6)16(23-13)19-14(21)12-10-8-7-9-11-12/h7-11,16,22H,1-6H3,(H,19,21). The maximum absolute atomic E-state index is 12.5. The van der Waals surface area contributed by atoms with Gasteiger partial charge in [0.15, 0.2) is 11.4 Å². The van der Waals surface area contributed by atoms with E-state index in [1.807, 2.05) is 43.9 Å². The lowest BCUT2D eigenvalue weighted by atomic mass is 9.95. The second kappa shape index (κ2) is 6.11. The first-order valence-corrected chi connectivity index (χ1v) is 8.65.